The van der Waals surface area contributed by atoms with E-state index in [4.69, 9.17) is 18.9 Å². The van der Waals surface area contributed by atoms with E-state index in [-0.39, 0.29) is 38.6 Å². The van der Waals surface area contributed by atoms with Crippen molar-refractivity contribution in [1.82, 2.24) is 0 Å². The number of ether oxygens (including phenoxy) is 4. The summed E-state index contributed by atoms with van der Waals surface area (Å²) < 4.78 is 22.7. The van der Waals surface area contributed by atoms with E-state index in [1.165, 1.54) is 57.8 Å². The van der Waals surface area contributed by atoms with Gasteiger partial charge in [0, 0.05) is 12.8 Å². The number of rotatable bonds is 58. The third-order valence-corrected chi connectivity index (χ3v) is 13.3. The molecule has 0 N–H and O–H groups in total. The molecule has 83 heavy (non-hydrogen) atoms. The van der Waals surface area contributed by atoms with Gasteiger partial charge in [-0.05, 0) is 122 Å². The predicted octanol–water partition coefficient (Wildman–Crippen LogP) is 18.8. The zero-order valence-electron chi connectivity index (χ0n) is 53.2. The van der Waals surface area contributed by atoms with Gasteiger partial charge in [-0.1, -0.05) is 255 Å². The fraction of sp³-hybridized carbons (Fsp3) is 0.608. The number of hydrogen-bond acceptors (Lipinski definition) is 8. The first kappa shape index (κ1) is 77.9. The molecule has 0 aliphatic carbocycles. The zero-order chi connectivity index (χ0) is 60.5. The standard InChI is InChI=1S/C74H119NO8/c1-6-8-10-12-14-16-18-20-22-24-25-26-27-28-29-30-31-32-33-34-35-36-37-38-39-40-41-42-43-44-45-46-47-49-51-53-55-57-59-61-63-65-72(77)83-70(69-82-74(73(78)79)80-67-66-75(3,4)5)68-81-71(76)64-62-60-58-56-54-52-50-48-23-21-19-17-15-13-11-9-7-2/h8-11,14-17,20-23,25-26,28-29,31-32,34-35,37-38,40-41,43-44,70,74H,6-7,12-13,18-19,24,27,30,33,36,39,42,45-69H2,1-5H3/b10-8-,11-9-,16-14-,17-15-,22-20-,23-21-,26-25-,29-28-,32-31-,35-34-,38-37-,41-40-,44-43-. The summed E-state index contributed by atoms with van der Waals surface area (Å²) in [5.41, 5.74) is 0. The van der Waals surface area contributed by atoms with E-state index in [1.807, 2.05) is 21.1 Å². The lowest BCUT2D eigenvalue weighted by Crippen LogP contribution is -2.44. The van der Waals surface area contributed by atoms with E-state index in [0.29, 0.717) is 17.4 Å². The first-order chi connectivity index (χ1) is 40.6. The average molecular weight is 1150 g/mol. The normalized spacial score (nSPS) is 13.8. The third kappa shape index (κ3) is 64.3. The van der Waals surface area contributed by atoms with Crippen LogP contribution < -0.4 is 5.11 Å². The lowest BCUT2D eigenvalue weighted by molar-refractivity contribution is -0.870. The van der Waals surface area contributed by atoms with E-state index < -0.39 is 24.3 Å². The summed E-state index contributed by atoms with van der Waals surface area (Å²) in [5, 5.41) is 11.8. The van der Waals surface area contributed by atoms with E-state index in [2.05, 4.69) is 172 Å². The third-order valence-electron chi connectivity index (χ3n) is 13.3. The number of carbonyl (C=O) groups is 3. The summed E-state index contributed by atoms with van der Waals surface area (Å²) >= 11 is 0. The minimum absolute atomic E-state index is 0.137. The van der Waals surface area contributed by atoms with E-state index in [1.54, 1.807) is 0 Å². The molecule has 0 aromatic rings. The molecule has 0 spiro atoms. The molecule has 0 rings (SSSR count). The maximum atomic E-state index is 12.9. The van der Waals surface area contributed by atoms with E-state index >= 15 is 0 Å². The molecule has 0 aromatic carbocycles. The molecule has 0 amide bonds. The molecular weight excluding hydrogens is 1030 g/mol. The summed E-state index contributed by atoms with van der Waals surface area (Å²) in [6, 6.07) is 0. The van der Waals surface area contributed by atoms with Crippen molar-refractivity contribution in [2.45, 2.75) is 245 Å². The number of quaternary nitrogens is 1. The van der Waals surface area contributed by atoms with Crippen molar-refractivity contribution >= 4 is 17.9 Å². The van der Waals surface area contributed by atoms with Crippen molar-refractivity contribution in [3.05, 3.63) is 158 Å². The summed E-state index contributed by atoms with van der Waals surface area (Å²) in [6.07, 6.45) is 90.2. The molecule has 0 fully saturated rings. The number of aliphatic carboxylic acids is 1. The molecule has 0 aliphatic heterocycles. The highest BCUT2D eigenvalue weighted by Crippen LogP contribution is 2.15. The number of likely N-dealkylation sites (N-methyl/N-ethyl adjacent to an activating group) is 1. The van der Waals surface area contributed by atoms with Crippen LogP contribution in [-0.4, -0.2) is 82.3 Å². The van der Waals surface area contributed by atoms with Gasteiger partial charge < -0.3 is 33.3 Å². The fourth-order valence-corrected chi connectivity index (χ4v) is 8.34. The number of carboxylic acids is 1. The van der Waals surface area contributed by atoms with Gasteiger partial charge in [-0.15, -0.1) is 0 Å². The Labute approximate surface area is 508 Å². The van der Waals surface area contributed by atoms with Crippen molar-refractivity contribution in [2.75, 3.05) is 47.5 Å². The maximum Gasteiger partial charge on any atom is 0.306 e. The van der Waals surface area contributed by atoms with Crippen molar-refractivity contribution in [3.8, 4) is 0 Å². The number of carboxylic acid groups (broad SMARTS) is 1. The number of carbonyl (C=O) groups excluding carboxylic acids is 3. The van der Waals surface area contributed by atoms with Crippen LogP contribution in [0, 0.1) is 0 Å². The first-order valence-electron chi connectivity index (χ1n) is 32.6. The molecule has 2 atom stereocenters. The Balaban J connectivity index is 4.16. The molecule has 0 saturated heterocycles. The molecule has 468 valence electrons. The Morgan fingerprint density at radius 2 is 0.651 bits per heavy atom. The molecule has 0 saturated carbocycles. The molecule has 0 radical (unpaired) electrons. The van der Waals surface area contributed by atoms with Gasteiger partial charge in [0.15, 0.2) is 12.4 Å². The van der Waals surface area contributed by atoms with E-state index in [0.717, 1.165) is 141 Å². The summed E-state index contributed by atoms with van der Waals surface area (Å²) in [4.78, 5) is 37.4. The van der Waals surface area contributed by atoms with Crippen LogP contribution in [-0.2, 0) is 33.3 Å². The fourth-order valence-electron chi connectivity index (χ4n) is 8.34. The lowest BCUT2D eigenvalue weighted by atomic mass is 10.0. The van der Waals surface area contributed by atoms with Crippen LogP contribution in [0.5, 0.6) is 0 Å². The second kappa shape index (κ2) is 62.9. The Kier molecular flexibility index (Phi) is 59.1. The molecule has 0 aromatic heterocycles. The minimum Gasteiger partial charge on any atom is -0.545 e. The Bertz CT molecular complexity index is 1920. The van der Waals surface area contributed by atoms with Crippen LogP contribution in [0.4, 0.5) is 0 Å². The van der Waals surface area contributed by atoms with Gasteiger partial charge in [-0.2, -0.15) is 0 Å². The maximum absolute atomic E-state index is 12.9. The van der Waals surface area contributed by atoms with Crippen LogP contribution in [0.25, 0.3) is 0 Å². The number of esters is 2. The van der Waals surface area contributed by atoms with Crippen LogP contribution in [0.3, 0.4) is 0 Å². The zero-order valence-corrected chi connectivity index (χ0v) is 53.2. The predicted molar refractivity (Wildman–Crippen MR) is 352 cm³/mol. The quantitative estimate of drug-likeness (QED) is 0.0195. The largest absolute Gasteiger partial charge is 0.545 e. The molecule has 9 heteroatoms. The summed E-state index contributed by atoms with van der Waals surface area (Å²) in [6.45, 7) is 4.49. The van der Waals surface area contributed by atoms with Crippen LogP contribution >= 0.6 is 0 Å². The molecule has 0 aliphatic rings. The van der Waals surface area contributed by atoms with Gasteiger partial charge in [0.05, 0.1) is 40.3 Å². The van der Waals surface area contributed by atoms with Crippen molar-refractivity contribution in [2.24, 2.45) is 0 Å². The highest BCUT2D eigenvalue weighted by molar-refractivity contribution is 5.70. The average Bonchev–Trinajstić information content (AvgIpc) is 3.46. The summed E-state index contributed by atoms with van der Waals surface area (Å²) in [5.74, 6) is -2.32. The van der Waals surface area contributed by atoms with Gasteiger partial charge in [0.25, 0.3) is 0 Å². The second-order valence-electron chi connectivity index (χ2n) is 22.3. The number of nitrogens with zero attached hydrogens (tertiary/aromatic N) is 1. The number of hydrogen-bond donors (Lipinski definition) is 0. The molecule has 2 unspecified atom stereocenters. The monoisotopic (exact) mass is 1150 g/mol. The SMILES string of the molecule is CC/C=C\C/C=C\C/C=C\C/C=C\C/C=C\C/C=C\C/C=C\C/C=C\C/C=C\C/C=C\CCCCCCCCCCCCC(=O)OC(COC(=O)CCCCCCCCC/C=C\C/C=C\C/C=C\CC)COC(OCC[N+](C)(C)C)C(=O)[O-]. The molecular formula is C74H119NO8. The number of unbranched alkanes of at least 4 members (excludes halogenated alkanes) is 17. The Morgan fingerprint density at radius 1 is 0.361 bits per heavy atom. The Hall–Kier alpha value is -5.09. The molecule has 0 bridgehead atoms. The summed E-state index contributed by atoms with van der Waals surface area (Å²) in [7, 11) is 5.91. The molecule has 0 heterocycles. The van der Waals surface area contributed by atoms with Gasteiger partial charge in [0.1, 0.15) is 13.2 Å². The Morgan fingerprint density at radius 3 is 0.964 bits per heavy atom. The highest BCUT2D eigenvalue weighted by atomic mass is 16.7. The van der Waals surface area contributed by atoms with Gasteiger partial charge in [-0.25, -0.2) is 0 Å². The van der Waals surface area contributed by atoms with Crippen molar-refractivity contribution < 1.29 is 42.9 Å². The van der Waals surface area contributed by atoms with Crippen molar-refractivity contribution in [1.29, 1.82) is 0 Å². The highest BCUT2D eigenvalue weighted by Gasteiger charge is 2.22. The topological polar surface area (TPSA) is 111 Å². The van der Waals surface area contributed by atoms with E-state index in [9.17, 15) is 19.5 Å². The smallest absolute Gasteiger partial charge is 0.306 e. The van der Waals surface area contributed by atoms with Crippen LogP contribution in [0.15, 0.2) is 158 Å². The first-order valence-corrected chi connectivity index (χ1v) is 32.6. The van der Waals surface area contributed by atoms with Gasteiger partial charge in [0.2, 0.25) is 0 Å². The van der Waals surface area contributed by atoms with Crippen LogP contribution in [0.2, 0.25) is 0 Å². The molecule has 9 nitrogen and oxygen atoms in total. The van der Waals surface area contributed by atoms with Crippen molar-refractivity contribution in [3.63, 3.8) is 0 Å². The second-order valence-corrected chi connectivity index (χ2v) is 22.3. The lowest BCUT2D eigenvalue weighted by Gasteiger charge is -2.26. The van der Waals surface area contributed by atoms with Gasteiger partial charge >= 0.3 is 11.9 Å². The minimum atomic E-state index is -1.63. The van der Waals surface area contributed by atoms with Gasteiger partial charge in [-0.3, -0.25) is 9.59 Å². The van der Waals surface area contributed by atoms with Crippen LogP contribution in [0.1, 0.15) is 232 Å². The number of allylic oxidation sites excluding steroid dienone is 26.